The molecule has 0 aliphatic rings. The Bertz CT molecular complexity index is 641. The first-order valence-corrected chi connectivity index (χ1v) is 6.54. The van der Waals surface area contributed by atoms with Crippen molar-refractivity contribution in [1.29, 1.82) is 0 Å². The number of anilines is 3. The van der Waals surface area contributed by atoms with Crippen LogP contribution in [0.25, 0.3) is 0 Å². The zero-order valence-corrected chi connectivity index (χ0v) is 12.1. The Balaban J connectivity index is 2.43. The normalized spacial score (nSPS) is 11.4. The fraction of sp³-hybridized carbons (Fsp3) is 0.0769. The van der Waals surface area contributed by atoms with Gasteiger partial charge in [-0.05, 0) is 40.8 Å². The molecule has 0 fully saturated rings. The summed E-state index contributed by atoms with van der Waals surface area (Å²) in [6.45, 7) is 0. The van der Waals surface area contributed by atoms with Crippen LogP contribution in [0.3, 0.4) is 0 Å². The third kappa shape index (κ3) is 3.14. The van der Waals surface area contributed by atoms with Crippen LogP contribution in [0.15, 0.2) is 36.4 Å². The first-order valence-electron chi connectivity index (χ1n) is 5.47. The molecule has 0 atom stereocenters. The van der Waals surface area contributed by atoms with Gasteiger partial charge in [0, 0.05) is 6.07 Å². The molecular weight excluding hydrogens is 387 g/mol. The molecule has 0 heterocycles. The summed E-state index contributed by atoms with van der Waals surface area (Å²) in [4.78, 5) is 0. The zero-order chi connectivity index (χ0) is 14.9. The highest BCUT2D eigenvalue weighted by Crippen LogP contribution is 2.37. The van der Waals surface area contributed by atoms with Crippen molar-refractivity contribution in [3.63, 3.8) is 0 Å². The second-order valence-electron chi connectivity index (χ2n) is 4.02. The van der Waals surface area contributed by atoms with E-state index in [0.29, 0.717) is 3.57 Å². The minimum absolute atomic E-state index is 0.0969. The highest BCUT2D eigenvalue weighted by atomic mass is 127. The summed E-state index contributed by atoms with van der Waals surface area (Å²) in [5.74, 6) is -0.549. The maximum atomic E-state index is 13.5. The monoisotopic (exact) mass is 396 g/mol. The van der Waals surface area contributed by atoms with Crippen molar-refractivity contribution in [3.05, 3.63) is 51.3 Å². The Morgan fingerprint density at radius 2 is 1.70 bits per heavy atom. The lowest BCUT2D eigenvalue weighted by Crippen LogP contribution is -2.09. The van der Waals surface area contributed by atoms with Crippen molar-refractivity contribution in [3.8, 4) is 0 Å². The quantitative estimate of drug-likeness (QED) is 0.436. The highest BCUT2D eigenvalue weighted by Gasteiger charge is 2.33. The summed E-state index contributed by atoms with van der Waals surface area (Å²) in [6.07, 6.45) is -4.50. The van der Waals surface area contributed by atoms with Crippen LogP contribution < -0.4 is 11.1 Å². The number of benzene rings is 2. The van der Waals surface area contributed by atoms with Gasteiger partial charge < -0.3 is 11.1 Å². The molecule has 0 bridgehead atoms. The van der Waals surface area contributed by atoms with Crippen molar-refractivity contribution in [1.82, 2.24) is 0 Å². The molecule has 2 rings (SSSR count). The number of hydrogen-bond donors (Lipinski definition) is 2. The van der Waals surface area contributed by atoms with Gasteiger partial charge in [0.05, 0.1) is 26.2 Å². The van der Waals surface area contributed by atoms with Gasteiger partial charge in [0.15, 0.2) is 0 Å². The van der Waals surface area contributed by atoms with Gasteiger partial charge in [-0.15, -0.1) is 0 Å². The van der Waals surface area contributed by atoms with E-state index in [1.807, 2.05) is 0 Å². The van der Waals surface area contributed by atoms with E-state index in [0.717, 1.165) is 12.1 Å². The van der Waals surface area contributed by atoms with Gasteiger partial charge in [-0.25, -0.2) is 4.39 Å². The van der Waals surface area contributed by atoms with Crippen molar-refractivity contribution >= 4 is 39.7 Å². The summed E-state index contributed by atoms with van der Waals surface area (Å²) in [6, 6.07) is 7.38. The van der Waals surface area contributed by atoms with Crippen molar-refractivity contribution in [2.45, 2.75) is 6.18 Å². The molecule has 0 saturated carbocycles. The number of halogens is 5. The fourth-order valence-electron chi connectivity index (χ4n) is 1.65. The summed E-state index contributed by atoms with van der Waals surface area (Å²) in [5.41, 5.74) is 4.94. The van der Waals surface area contributed by atoms with E-state index in [1.54, 1.807) is 22.6 Å². The second-order valence-corrected chi connectivity index (χ2v) is 5.18. The minimum atomic E-state index is -4.50. The number of nitrogens with one attached hydrogen (secondary N) is 1. The summed E-state index contributed by atoms with van der Waals surface area (Å²) in [7, 11) is 0. The van der Waals surface area contributed by atoms with Crippen LogP contribution in [0.4, 0.5) is 34.6 Å². The molecule has 0 amide bonds. The lowest BCUT2D eigenvalue weighted by Gasteiger charge is -2.15. The first kappa shape index (κ1) is 14.9. The van der Waals surface area contributed by atoms with Gasteiger partial charge in [0.2, 0.25) is 0 Å². The van der Waals surface area contributed by atoms with Gasteiger partial charge in [0.1, 0.15) is 5.82 Å². The molecule has 0 aliphatic heterocycles. The van der Waals surface area contributed by atoms with Gasteiger partial charge in [-0.1, -0.05) is 12.1 Å². The first-order chi connectivity index (χ1) is 9.29. The van der Waals surface area contributed by atoms with Gasteiger partial charge in [-0.2, -0.15) is 13.2 Å². The average Bonchev–Trinajstić information content (AvgIpc) is 2.35. The third-order valence-electron chi connectivity index (χ3n) is 2.59. The molecule has 3 N–H and O–H groups in total. The predicted octanol–water partition coefficient (Wildman–Crippen LogP) is 4.77. The van der Waals surface area contributed by atoms with E-state index < -0.39 is 17.6 Å². The van der Waals surface area contributed by atoms with Crippen LogP contribution in [0.2, 0.25) is 0 Å². The van der Waals surface area contributed by atoms with E-state index in [-0.39, 0.29) is 17.1 Å². The highest BCUT2D eigenvalue weighted by molar-refractivity contribution is 14.1. The zero-order valence-electron chi connectivity index (χ0n) is 9.93. The van der Waals surface area contributed by atoms with Crippen LogP contribution in [0.5, 0.6) is 0 Å². The maximum Gasteiger partial charge on any atom is 0.418 e. The molecule has 0 aromatic heterocycles. The van der Waals surface area contributed by atoms with E-state index in [4.69, 9.17) is 5.73 Å². The standard InChI is InChI=1S/C13H9F4IN2/c14-8-5-12(10(19)6-9(8)18)20-11-4-2-1-3-7(11)13(15,16)17/h1-6,20H,19H2. The molecule has 0 spiro atoms. The number of nitrogens with two attached hydrogens (primary N) is 1. The molecular formula is C13H9F4IN2. The van der Waals surface area contributed by atoms with Crippen LogP contribution in [0, 0.1) is 9.39 Å². The molecule has 7 heteroatoms. The molecule has 2 nitrogen and oxygen atoms in total. The summed E-state index contributed by atoms with van der Waals surface area (Å²) < 4.78 is 52.3. The topological polar surface area (TPSA) is 38.0 Å². The number of para-hydroxylation sites is 1. The lowest BCUT2D eigenvalue weighted by molar-refractivity contribution is -0.136. The molecule has 2 aromatic rings. The van der Waals surface area contributed by atoms with Crippen LogP contribution >= 0.6 is 22.6 Å². The third-order valence-corrected chi connectivity index (χ3v) is 3.42. The van der Waals surface area contributed by atoms with Crippen molar-refractivity contribution in [2.24, 2.45) is 0 Å². The molecule has 0 saturated heterocycles. The number of hydrogen-bond acceptors (Lipinski definition) is 2. The average molecular weight is 396 g/mol. The lowest BCUT2D eigenvalue weighted by atomic mass is 10.1. The van der Waals surface area contributed by atoms with Crippen LogP contribution in [-0.2, 0) is 6.18 Å². The van der Waals surface area contributed by atoms with Crippen molar-refractivity contribution in [2.75, 3.05) is 11.1 Å². The maximum absolute atomic E-state index is 13.5. The van der Waals surface area contributed by atoms with Gasteiger partial charge in [-0.3, -0.25) is 0 Å². The van der Waals surface area contributed by atoms with Gasteiger partial charge >= 0.3 is 6.18 Å². The largest absolute Gasteiger partial charge is 0.418 e. The second kappa shape index (κ2) is 5.47. The molecule has 106 valence electrons. The number of nitrogen functional groups attached to an aromatic ring is 1. The van der Waals surface area contributed by atoms with E-state index >= 15 is 0 Å². The van der Waals surface area contributed by atoms with E-state index in [1.165, 1.54) is 24.3 Å². The Kier molecular flexibility index (Phi) is 4.07. The Morgan fingerprint density at radius 1 is 1.05 bits per heavy atom. The minimum Gasteiger partial charge on any atom is -0.397 e. The van der Waals surface area contributed by atoms with Gasteiger partial charge in [0.25, 0.3) is 0 Å². The van der Waals surface area contributed by atoms with Crippen molar-refractivity contribution < 1.29 is 17.6 Å². The molecule has 20 heavy (non-hydrogen) atoms. The Hall–Kier alpha value is -1.51. The summed E-state index contributed by atoms with van der Waals surface area (Å²) in [5, 5.41) is 2.53. The molecule has 0 unspecified atom stereocenters. The molecule has 2 aromatic carbocycles. The number of rotatable bonds is 2. The Labute approximate surface area is 126 Å². The van der Waals surface area contributed by atoms with Crippen LogP contribution in [0.1, 0.15) is 5.56 Å². The smallest absolute Gasteiger partial charge is 0.397 e. The summed E-state index contributed by atoms with van der Waals surface area (Å²) >= 11 is 1.75. The molecule has 0 radical (unpaired) electrons. The number of alkyl halides is 3. The van der Waals surface area contributed by atoms with E-state index in [9.17, 15) is 17.6 Å². The van der Waals surface area contributed by atoms with E-state index in [2.05, 4.69) is 5.32 Å². The molecule has 0 aliphatic carbocycles. The SMILES string of the molecule is Nc1cc(I)c(F)cc1Nc1ccccc1C(F)(F)F. The Morgan fingerprint density at radius 3 is 2.35 bits per heavy atom. The van der Waals surface area contributed by atoms with Crippen LogP contribution in [-0.4, -0.2) is 0 Å². The predicted molar refractivity (Wildman–Crippen MR) is 78.3 cm³/mol. The fourth-order valence-corrected chi connectivity index (χ4v) is 2.15.